The molecule has 7 nitrogen and oxygen atoms in total. The first-order chi connectivity index (χ1) is 15.7. The number of nitrogens with zero attached hydrogens (tertiary/aromatic N) is 2. The maximum atomic E-state index is 12.8. The highest BCUT2D eigenvalue weighted by Gasteiger charge is 2.27. The molecule has 3 aromatic heterocycles. The topological polar surface area (TPSA) is 99.8 Å². The number of hydrogen-bond donors (Lipinski definition) is 3. The van der Waals surface area contributed by atoms with Crippen molar-refractivity contribution in [2.45, 2.75) is 19.3 Å². The predicted octanol–water partition coefficient (Wildman–Crippen LogP) is 4.99. The molecule has 1 amide bonds. The fraction of sp³-hybridized carbons (Fsp3) is 0.120. The molecule has 0 bridgehead atoms. The van der Waals surface area contributed by atoms with Crippen molar-refractivity contribution in [2.75, 3.05) is 10.6 Å². The average Bonchev–Trinajstić information content (AvgIpc) is 3.20. The maximum Gasteiger partial charge on any atom is 0.275 e. The van der Waals surface area contributed by atoms with Crippen LogP contribution in [0.5, 0.6) is 0 Å². The van der Waals surface area contributed by atoms with Crippen LogP contribution in [-0.2, 0) is 6.42 Å². The van der Waals surface area contributed by atoms with E-state index in [0.717, 1.165) is 41.2 Å². The third-order valence-electron chi connectivity index (χ3n) is 5.42. The molecule has 0 aliphatic heterocycles. The van der Waals surface area contributed by atoms with E-state index in [-0.39, 0.29) is 11.7 Å². The zero-order valence-electron chi connectivity index (χ0n) is 17.3. The van der Waals surface area contributed by atoms with Gasteiger partial charge in [0, 0.05) is 35.8 Å². The SMILES string of the molecule is O=C(Nc1cc(-c2[nH]c3c(c2Nc2ccccc2)C(=O)CCC3)ccn1)c1ccccn1. The van der Waals surface area contributed by atoms with Gasteiger partial charge >= 0.3 is 0 Å². The Kier molecular flexibility index (Phi) is 5.21. The zero-order valence-corrected chi connectivity index (χ0v) is 17.3. The molecule has 0 fully saturated rings. The number of pyridine rings is 2. The Labute approximate surface area is 184 Å². The van der Waals surface area contributed by atoms with Crippen molar-refractivity contribution >= 4 is 28.9 Å². The number of carbonyl (C=O) groups is 2. The van der Waals surface area contributed by atoms with E-state index < -0.39 is 0 Å². The Morgan fingerprint density at radius 2 is 1.78 bits per heavy atom. The summed E-state index contributed by atoms with van der Waals surface area (Å²) in [5.41, 5.74) is 5.22. The average molecular weight is 423 g/mol. The molecule has 5 rings (SSSR count). The lowest BCUT2D eigenvalue weighted by Crippen LogP contribution is -2.14. The molecular weight excluding hydrogens is 402 g/mol. The van der Waals surface area contributed by atoms with Crippen LogP contribution in [0.15, 0.2) is 73.1 Å². The van der Waals surface area contributed by atoms with E-state index in [1.807, 2.05) is 36.4 Å². The first-order valence-electron chi connectivity index (χ1n) is 10.5. The summed E-state index contributed by atoms with van der Waals surface area (Å²) in [5, 5.41) is 6.22. The number of Topliss-reactive ketones (excluding diaryl/α,β-unsaturated/α-hetero) is 1. The molecule has 1 aliphatic rings. The van der Waals surface area contributed by atoms with Gasteiger partial charge in [-0.2, -0.15) is 0 Å². The fourth-order valence-corrected chi connectivity index (χ4v) is 3.94. The second-order valence-corrected chi connectivity index (χ2v) is 7.60. The Balaban J connectivity index is 1.52. The van der Waals surface area contributed by atoms with Gasteiger partial charge in [0.2, 0.25) is 0 Å². The second kappa shape index (κ2) is 8.47. The van der Waals surface area contributed by atoms with Crippen molar-refractivity contribution in [1.82, 2.24) is 15.0 Å². The quantitative estimate of drug-likeness (QED) is 0.420. The molecule has 1 aliphatic carbocycles. The predicted molar refractivity (Wildman–Crippen MR) is 123 cm³/mol. The van der Waals surface area contributed by atoms with Gasteiger partial charge in [-0.05, 0) is 49.2 Å². The third kappa shape index (κ3) is 3.88. The normalized spacial score (nSPS) is 12.8. The minimum atomic E-state index is -0.334. The first kappa shape index (κ1) is 19.7. The van der Waals surface area contributed by atoms with E-state index in [4.69, 9.17) is 0 Å². The van der Waals surface area contributed by atoms with Crippen LogP contribution in [0, 0.1) is 0 Å². The number of rotatable bonds is 5. The van der Waals surface area contributed by atoms with Crippen LogP contribution < -0.4 is 10.6 Å². The molecular formula is C25H21N5O2. The van der Waals surface area contributed by atoms with E-state index >= 15 is 0 Å². The van der Waals surface area contributed by atoms with Crippen LogP contribution in [0.25, 0.3) is 11.3 Å². The highest BCUT2D eigenvalue weighted by atomic mass is 16.2. The Morgan fingerprint density at radius 3 is 2.59 bits per heavy atom. The van der Waals surface area contributed by atoms with Crippen molar-refractivity contribution in [2.24, 2.45) is 0 Å². The van der Waals surface area contributed by atoms with Gasteiger partial charge in [0.25, 0.3) is 5.91 Å². The highest BCUT2D eigenvalue weighted by molar-refractivity contribution is 6.07. The molecule has 1 aromatic carbocycles. The van der Waals surface area contributed by atoms with Gasteiger partial charge in [-0.1, -0.05) is 24.3 Å². The van der Waals surface area contributed by atoms with Gasteiger partial charge in [0.1, 0.15) is 11.5 Å². The molecule has 0 unspecified atom stereocenters. The van der Waals surface area contributed by atoms with Crippen molar-refractivity contribution in [3.63, 3.8) is 0 Å². The van der Waals surface area contributed by atoms with E-state index in [1.165, 1.54) is 0 Å². The number of fused-ring (bicyclic) bond motifs is 1. The van der Waals surface area contributed by atoms with E-state index in [2.05, 4.69) is 25.6 Å². The molecule has 32 heavy (non-hydrogen) atoms. The summed E-state index contributed by atoms with van der Waals surface area (Å²) in [5.74, 6) is 0.200. The molecule has 3 N–H and O–H groups in total. The summed E-state index contributed by atoms with van der Waals surface area (Å²) >= 11 is 0. The summed E-state index contributed by atoms with van der Waals surface area (Å²) < 4.78 is 0. The number of anilines is 3. The lowest BCUT2D eigenvalue weighted by Gasteiger charge is -2.14. The second-order valence-electron chi connectivity index (χ2n) is 7.60. The van der Waals surface area contributed by atoms with Gasteiger partial charge in [-0.25, -0.2) is 4.98 Å². The Bertz CT molecular complexity index is 1280. The van der Waals surface area contributed by atoms with Gasteiger partial charge in [-0.15, -0.1) is 0 Å². The van der Waals surface area contributed by atoms with E-state index in [1.54, 1.807) is 36.7 Å². The number of benzene rings is 1. The summed E-state index contributed by atoms with van der Waals surface area (Å²) in [4.78, 5) is 37.1. The fourth-order valence-electron chi connectivity index (χ4n) is 3.94. The number of ketones is 1. The number of aromatic nitrogens is 3. The highest BCUT2D eigenvalue weighted by Crippen LogP contribution is 2.39. The summed E-state index contributed by atoms with van der Waals surface area (Å²) in [6.45, 7) is 0. The molecule has 0 spiro atoms. The van der Waals surface area contributed by atoms with Crippen LogP contribution in [0.3, 0.4) is 0 Å². The lowest BCUT2D eigenvalue weighted by molar-refractivity contribution is 0.0972. The van der Waals surface area contributed by atoms with E-state index in [9.17, 15) is 9.59 Å². The number of para-hydroxylation sites is 1. The first-order valence-corrected chi connectivity index (χ1v) is 10.5. The van der Waals surface area contributed by atoms with Gasteiger partial charge in [0.15, 0.2) is 5.78 Å². The van der Waals surface area contributed by atoms with Crippen LogP contribution in [-0.4, -0.2) is 26.6 Å². The molecule has 7 heteroatoms. The number of hydrogen-bond acceptors (Lipinski definition) is 5. The summed E-state index contributed by atoms with van der Waals surface area (Å²) in [6.07, 6.45) is 5.39. The largest absolute Gasteiger partial charge is 0.356 e. The van der Waals surface area contributed by atoms with Crippen LogP contribution in [0.2, 0.25) is 0 Å². The van der Waals surface area contributed by atoms with Crippen molar-refractivity contribution in [3.05, 3.63) is 90.0 Å². The smallest absolute Gasteiger partial charge is 0.275 e. The molecule has 0 atom stereocenters. The van der Waals surface area contributed by atoms with Gasteiger partial charge in [-0.3, -0.25) is 14.6 Å². The molecule has 0 radical (unpaired) electrons. The molecule has 3 heterocycles. The minimum absolute atomic E-state index is 0.130. The van der Waals surface area contributed by atoms with Gasteiger partial charge < -0.3 is 15.6 Å². The van der Waals surface area contributed by atoms with Crippen molar-refractivity contribution < 1.29 is 9.59 Å². The van der Waals surface area contributed by atoms with E-state index in [0.29, 0.717) is 23.5 Å². The minimum Gasteiger partial charge on any atom is -0.356 e. The molecule has 158 valence electrons. The van der Waals surface area contributed by atoms with Crippen LogP contribution in [0.1, 0.15) is 39.4 Å². The number of aryl methyl sites for hydroxylation is 1. The third-order valence-corrected chi connectivity index (χ3v) is 5.42. The number of nitrogens with one attached hydrogen (secondary N) is 3. The van der Waals surface area contributed by atoms with Gasteiger partial charge in [0.05, 0.1) is 16.9 Å². The lowest BCUT2D eigenvalue weighted by atomic mass is 9.95. The number of aromatic amines is 1. The Hall–Kier alpha value is -4.26. The number of H-pyrrole nitrogens is 1. The van der Waals surface area contributed by atoms with Crippen LogP contribution >= 0.6 is 0 Å². The van der Waals surface area contributed by atoms with Crippen LogP contribution in [0.4, 0.5) is 17.2 Å². The zero-order chi connectivity index (χ0) is 21.9. The maximum absolute atomic E-state index is 12.8. The monoisotopic (exact) mass is 423 g/mol. The summed E-state index contributed by atoms with van der Waals surface area (Å²) in [6, 6.07) is 18.6. The molecule has 0 saturated carbocycles. The van der Waals surface area contributed by atoms with Crippen molar-refractivity contribution in [3.8, 4) is 11.3 Å². The molecule has 0 saturated heterocycles. The summed E-state index contributed by atoms with van der Waals surface area (Å²) in [7, 11) is 0. The number of carbonyl (C=O) groups excluding carboxylic acids is 2. The van der Waals surface area contributed by atoms with Crippen molar-refractivity contribution in [1.29, 1.82) is 0 Å². The standard InChI is InChI=1S/C25H21N5O2/c31-20-11-6-10-18-22(20)24(28-17-7-2-1-3-8-17)23(29-18)16-12-14-27-21(15-16)30-25(32)19-9-4-5-13-26-19/h1-5,7-9,12-15,28-29H,6,10-11H2,(H,27,30,32). The molecule has 4 aromatic rings. The number of amides is 1. The Morgan fingerprint density at radius 1 is 0.938 bits per heavy atom.